The molecule has 5 nitrogen and oxygen atoms in total. The van der Waals surface area contributed by atoms with Crippen LogP contribution in [0.5, 0.6) is 0 Å². The summed E-state index contributed by atoms with van der Waals surface area (Å²) >= 11 is 0. The number of aryl methyl sites for hydroxylation is 2. The molecule has 116 valence electrons. The Labute approximate surface area is 129 Å². The summed E-state index contributed by atoms with van der Waals surface area (Å²) in [5.74, 6) is 0. The number of hydrogen-bond donors (Lipinski definition) is 0. The number of rotatable bonds is 4. The zero-order chi connectivity index (χ0) is 15.7. The van der Waals surface area contributed by atoms with E-state index in [2.05, 4.69) is 18.0 Å². The Bertz CT molecular complexity index is 829. The fourth-order valence-electron chi connectivity index (χ4n) is 2.85. The number of hydrogen-bond acceptors (Lipinski definition) is 3. The minimum Gasteiger partial charge on any atom is -0.449 e. The van der Waals surface area contributed by atoms with Crippen LogP contribution in [0.3, 0.4) is 0 Å². The van der Waals surface area contributed by atoms with E-state index in [0.29, 0.717) is 6.61 Å². The number of ether oxygens (including phenoxy) is 1. The zero-order valence-corrected chi connectivity index (χ0v) is 13.3. The standard InChI is InChI=1S/C17H21N3O2/c1-4-6-7-13-10-14-15(20(13)17(21)22-5-2)8-9-19-11-12(3)18-16(14)19/h8-11H,4-7H2,1-3H3. The first-order chi connectivity index (χ1) is 10.7. The third-order valence-corrected chi connectivity index (χ3v) is 3.84. The van der Waals surface area contributed by atoms with Gasteiger partial charge in [0.15, 0.2) is 0 Å². The maximum Gasteiger partial charge on any atom is 0.418 e. The summed E-state index contributed by atoms with van der Waals surface area (Å²) in [6.45, 7) is 6.31. The quantitative estimate of drug-likeness (QED) is 0.733. The van der Waals surface area contributed by atoms with Crippen LogP contribution in [0.2, 0.25) is 0 Å². The van der Waals surface area contributed by atoms with E-state index in [1.807, 2.05) is 36.7 Å². The predicted octanol–water partition coefficient (Wildman–Crippen LogP) is 3.94. The van der Waals surface area contributed by atoms with Gasteiger partial charge in [0.2, 0.25) is 0 Å². The van der Waals surface area contributed by atoms with Gasteiger partial charge < -0.3 is 9.14 Å². The van der Waals surface area contributed by atoms with Gasteiger partial charge in [-0.3, -0.25) is 0 Å². The summed E-state index contributed by atoms with van der Waals surface area (Å²) in [6, 6.07) is 4.03. The molecule has 0 aliphatic rings. The van der Waals surface area contributed by atoms with E-state index in [9.17, 15) is 4.79 Å². The van der Waals surface area contributed by atoms with Gasteiger partial charge in [0, 0.05) is 23.5 Å². The molecule has 3 rings (SSSR count). The molecule has 0 N–H and O–H groups in total. The van der Waals surface area contributed by atoms with E-state index in [1.54, 1.807) is 4.57 Å². The number of imidazole rings is 1. The van der Waals surface area contributed by atoms with Gasteiger partial charge in [-0.05, 0) is 38.8 Å². The molecule has 0 aliphatic carbocycles. The second-order valence-electron chi connectivity index (χ2n) is 5.50. The monoisotopic (exact) mass is 299 g/mol. The Morgan fingerprint density at radius 3 is 2.91 bits per heavy atom. The van der Waals surface area contributed by atoms with Gasteiger partial charge in [-0.25, -0.2) is 14.3 Å². The molecule has 0 spiro atoms. The molecule has 22 heavy (non-hydrogen) atoms. The Morgan fingerprint density at radius 1 is 1.36 bits per heavy atom. The van der Waals surface area contributed by atoms with E-state index >= 15 is 0 Å². The van der Waals surface area contributed by atoms with Crippen molar-refractivity contribution in [2.45, 2.75) is 40.0 Å². The predicted molar refractivity (Wildman–Crippen MR) is 86.5 cm³/mol. The van der Waals surface area contributed by atoms with Crippen molar-refractivity contribution in [3.63, 3.8) is 0 Å². The van der Waals surface area contributed by atoms with Crippen LogP contribution in [0.4, 0.5) is 4.79 Å². The van der Waals surface area contributed by atoms with E-state index in [4.69, 9.17) is 4.74 Å². The van der Waals surface area contributed by atoms with E-state index in [1.165, 1.54) is 0 Å². The molecular weight excluding hydrogens is 278 g/mol. The average Bonchev–Trinajstić information content (AvgIpc) is 3.04. The minimum atomic E-state index is -0.309. The van der Waals surface area contributed by atoms with Crippen LogP contribution in [0.25, 0.3) is 16.6 Å². The van der Waals surface area contributed by atoms with Gasteiger partial charge in [0.05, 0.1) is 17.8 Å². The van der Waals surface area contributed by atoms with Crippen LogP contribution in [0.15, 0.2) is 24.5 Å². The van der Waals surface area contributed by atoms with Crippen LogP contribution < -0.4 is 0 Å². The Kier molecular flexibility index (Phi) is 3.88. The molecule has 3 aromatic heterocycles. The zero-order valence-electron chi connectivity index (χ0n) is 13.3. The summed E-state index contributed by atoms with van der Waals surface area (Å²) in [5.41, 5.74) is 3.70. The van der Waals surface area contributed by atoms with Gasteiger partial charge in [0.25, 0.3) is 0 Å². The molecule has 0 bridgehead atoms. The summed E-state index contributed by atoms with van der Waals surface area (Å²) in [4.78, 5) is 16.9. The summed E-state index contributed by atoms with van der Waals surface area (Å²) in [5, 5.41) is 0.995. The first kappa shape index (κ1) is 14.6. The van der Waals surface area contributed by atoms with Crippen LogP contribution in [0.1, 0.15) is 38.1 Å². The third kappa shape index (κ3) is 2.36. The molecule has 0 saturated carbocycles. The molecular formula is C17H21N3O2. The Morgan fingerprint density at radius 2 is 2.18 bits per heavy atom. The average molecular weight is 299 g/mol. The highest BCUT2D eigenvalue weighted by Gasteiger charge is 2.18. The van der Waals surface area contributed by atoms with Crippen molar-refractivity contribution in [3.05, 3.63) is 35.9 Å². The molecule has 0 unspecified atom stereocenters. The molecule has 0 fully saturated rings. The topological polar surface area (TPSA) is 48.5 Å². The highest BCUT2D eigenvalue weighted by molar-refractivity contribution is 5.98. The number of unbranched alkanes of at least 4 members (excludes halogenated alkanes) is 1. The van der Waals surface area contributed by atoms with Crippen molar-refractivity contribution >= 4 is 22.6 Å². The minimum absolute atomic E-state index is 0.309. The lowest BCUT2D eigenvalue weighted by Crippen LogP contribution is -2.16. The fraction of sp³-hybridized carbons (Fsp3) is 0.412. The lowest BCUT2D eigenvalue weighted by Gasteiger charge is -2.08. The van der Waals surface area contributed by atoms with Crippen LogP contribution in [-0.4, -0.2) is 26.7 Å². The number of carbonyl (C=O) groups excluding carboxylic acids is 1. The lowest BCUT2D eigenvalue weighted by molar-refractivity contribution is 0.154. The fourth-order valence-corrected chi connectivity index (χ4v) is 2.85. The Hall–Kier alpha value is -2.30. The van der Waals surface area contributed by atoms with Gasteiger partial charge in [-0.15, -0.1) is 0 Å². The van der Waals surface area contributed by atoms with Crippen LogP contribution in [0, 0.1) is 6.92 Å². The SMILES string of the molecule is CCCCc1cc2c(ccn3cc(C)nc23)n1C(=O)OCC. The smallest absolute Gasteiger partial charge is 0.418 e. The maximum absolute atomic E-state index is 12.4. The van der Waals surface area contributed by atoms with Gasteiger partial charge >= 0.3 is 6.09 Å². The molecule has 0 amide bonds. The summed E-state index contributed by atoms with van der Waals surface area (Å²) in [7, 11) is 0. The molecule has 5 heteroatoms. The number of carbonyl (C=O) groups is 1. The summed E-state index contributed by atoms with van der Waals surface area (Å²) < 4.78 is 8.92. The molecule has 0 saturated heterocycles. The molecule has 3 aromatic rings. The number of nitrogens with zero attached hydrogens (tertiary/aromatic N) is 3. The second-order valence-corrected chi connectivity index (χ2v) is 5.50. The number of pyridine rings is 1. The van der Waals surface area contributed by atoms with Crippen molar-refractivity contribution in [2.75, 3.05) is 6.61 Å². The molecule has 0 aromatic carbocycles. The number of aromatic nitrogens is 3. The highest BCUT2D eigenvalue weighted by Crippen LogP contribution is 2.25. The van der Waals surface area contributed by atoms with Crippen molar-refractivity contribution in [3.8, 4) is 0 Å². The van der Waals surface area contributed by atoms with Crippen molar-refractivity contribution in [1.29, 1.82) is 0 Å². The van der Waals surface area contributed by atoms with Gasteiger partial charge in [-0.1, -0.05) is 13.3 Å². The molecule has 0 aliphatic heterocycles. The molecule has 0 radical (unpaired) electrons. The first-order valence-corrected chi connectivity index (χ1v) is 7.81. The summed E-state index contributed by atoms with van der Waals surface area (Å²) in [6.07, 6.45) is 6.60. The molecule has 3 heterocycles. The second kappa shape index (κ2) is 5.83. The van der Waals surface area contributed by atoms with Crippen LogP contribution >= 0.6 is 0 Å². The highest BCUT2D eigenvalue weighted by atomic mass is 16.5. The molecule has 0 atom stereocenters. The van der Waals surface area contributed by atoms with Crippen molar-refractivity contribution < 1.29 is 9.53 Å². The largest absolute Gasteiger partial charge is 0.449 e. The number of fused-ring (bicyclic) bond motifs is 3. The lowest BCUT2D eigenvalue weighted by atomic mass is 10.2. The normalized spacial score (nSPS) is 11.4. The van der Waals surface area contributed by atoms with E-state index in [0.717, 1.165) is 47.2 Å². The van der Waals surface area contributed by atoms with Gasteiger partial charge in [-0.2, -0.15) is 0 Å². The maximum atomic E-state index is 12.4. The van der Waals surface area contributed by atoms with Crippen molar-refractivity contribution in [1.82, 2.24) is 14.0 Å². The van der Waals surface area contributed by atoms with E-state index in [-0.39, 0.29) is 6.09 Å². The third-order valence-electron chi connectivity index (χ3n) is 3.84. The first-order valence-electron chi connectivity index (χ1n) is 7.81. The van der Waals surface area contributed by atoms with Crippen molar-refractivity contribution in [2.24, 2.45) is 0 Å². The Balaban J connectivity index is 2.23. The van der Waals surface area contributed by atoms with Crippen LogP contribution in [-0.2, 0) is 11.2 Å². The van der Waals surface area contributed by atoms with E-state index < -0.39 is 0 Å². The van der Waals surface area contributed by atoms with Gasteiger partial charge in [0.1, 0.15) is 5.65 Å².